The van der Waals surface area contributed by atoms with Crippen LogP contribution in [-0.4, -0.2) is 15.4 Å². The first kappa shape index (κ1) is 20.7. The number of non-ortho nitro benzene ring substituents is 1. The molecule has 0 aliphatic carbocycles. The summed E-state index contributed by atoms with van der Waals surface area (Å²) >= 11 is 1.50. The SMILES string of the molecule is CCCn1c(=NC(=O)/C=C/c2cccc([N+](=O)[O-])c2)sc2cc(C(C)C)ccc21. The maximum absolute atomic E-state index is 12.4. The van der Waals surface area contributed by atoms with E-state index in [1.54, 1.807) is 18.2 Å². The zero-order valence-electron chi connectivity index (χ0n) is 16.7. The minimum Gasteiger partial charge on any atom is -0.316 e. The third-order valence-corrected chi connectivity index (χ3v) is 5.57. The van der Waals surface area contributed by atoms with E-state index in [1.165, 1.54) is 35.1 Å². The molecule has 0 N–H and O–H groups in total. The van der Waals surface area contributed by atoms with Gasteiger partial charge in [0.15, 0.2) is 4.80 Å². The highest BCUT2D eigenvalue weighted by molar-refractivity contribution is 7.16. The van der Waals surface area contributed by atoms with Crippen molar-refractivity contribution in [3.05, 3.63) is 74.6 Å². The van der Waals surface area contributed by atoms with Gasteiger partial charge in [-0.05, 0) is 41.7 Å². The summed E-state index contributed by atoms with van der Waals surface area (Å²) < 4.78 is 3.18. The van der Waals surface area contributed by atoms with Gasteiger partial charge in [-0.15, -0.1) is 0 Å². The molecular weight excluding hydrogens is 386 g/mol. The molecule has 0 saturated heterocycles. The number of nitrogens with zero attached hydrogens (tertiary/aromatic N) is 3. The smallest absolute Gasteiger partial charge is 0.272 e. The van der Waals surface area contributed by atoms with E-state index >= 15 is 0 Å². The second-order valence-corrected chi connectivity index (χ2v) is 8.06. The van der Waals surface area contributed by atoms with Crippen molar-refractivity contribution in [1.82, 2.24) is 4.57 Å². The van der Waals surface area contributed by atoms with E-state index in [-0.39, 0.29) is 5.69 Å². The Hall–Kier alpha value is -3.06. The van der Waals surface area contributed by atoms with Crippen LogP contribution in [0.4, 0.5) is 5.69 Å². The molecule has 0 bridgehead atoms. The van der Waals surface area contributed by atoms with Gasteiger partial charge in [0.25, 0.3) is 11.6 Å². The number of fused-ring (bicyclic) bond motifs is 1. The van der Waals surface area contributed by atoms with Gasteiger partial charge < -0.3 is 4.57 Å². The molecule has 0 radical (unpaired) electrons. The Kier molecular flexibility index (Phi) is 6.39. The first-order valence-corrected chi connectivity index (χ1v) is 10.3. The molecule has 3 rings (SSSR count). The van der Waals surface area contributed by atoms with Gasteiger partial charge in [0.2, 0.25) is 0 Å². The van der Waals surface area contributed by atoms with Gasteiger partial charge in [-0.2, -0.15) is 4.99 Å². The summed E-state index contributed by atoms with van der Waals surface area (Å²) in [5.41, 5.74) is 2.91. The number of aromatic nitrogens is 1. The van der Waals surface area contributed by atoms with Gasteiger partial charge in [0.1, 0.15) is 0 Å². The Balaban J connectivity index is 1.95. The van der Waals surface area contributed by atoms with Gasteiger partial charge in [0.05, 0.1) is 15.1 Å². The van der Waals surface area contributed by atoms with Crippen LogP contribution in [0.5, 0.6) is 0 Å². The summed E-state index contributed by atoms with van der Waals surface area (Å²) in [6.45, 7) is 7.18. The highest BCUT2D eigenvalue weighted by Gasteiger charge is 2.09. The molecule has 0 fully saturated rings. The normalized spacial score (nSPS) is 12.3. The Morgan fingerprint density at radius 3 is 2.76 bits per heavy atom. The molecule has 0 aliphatic rings. The van der Waals surface area contributed by atoms with Gasteiger partial charge in [-0.25, -0.2) is 0 Å². The molecule has 0 unspecified atom stereocenters. The fraction of sp³-hybridized carbons (Fsp3) is 0.273. The number of hydrogen-bond donors (Lipinski definition) is 0. The Morgan fingerprint density at radius 2 is 2.07 bits per heavy atom. The largest absolute Gasteiger partial charge is 0.316 e. The van der Waals surface area contributed by atoms with Crippen LogP contribution in [0.1, 0.15) is 44.2 Å². The zero-order chi connectivity index (χ0) is 21.0. The maximum atomic E-state index is 12.4. The van der Waals surface area contributed by atoms with E-state index in [9.17, 15) is 14.9 Å². The summed E-state index contributed by atoms with van der Waals surface area (Å²) in [5, 5.41) is 10.9. The lowest BCUT2D eigenvalue weighted by Crippen LogP contribution is -2.16. The van der Waals surface area contributed by atoms with Crippen LogP contribution in [0.3, 0.4) is 0 Å². The molecule has 0 saturated carbocycles. The number of benzene rings is 2. The number of nitro benzene ring substituents is 1. The summed E-state index contributed by atoms with van der Waals surface area (Å²) in [6, 6.07) is 12.5. The van der Waals surface area contributed by atoms with Gasteiger partial charge in [-0.1, -0.05) is 50.3 Å². The molecule has 1 aromatic heterocycles. The summed E-state index contributed by atoms with van der Waals surface area (Å²) in [5.74, 6) is 0.0398. The third-order valence-electron chi connectivity index (χ3n) is 4.53. The zero-order valence-corrected chi connectivity index (χ0v) is 17.5. The number of amides is 1. The second kappa shape index (κ2) is 8.96. The molecule has 7 heteroatoms. The minimum absolute atomic E-state index is 0.0113. The Bertz CT molecular complexity index is 1160. The second-order valence-electron chi connectivity index (χ2n) is 7.05. The Labute approximate surface area is 173 Å². The molecule has 6 nitrogen and oxygen atoms in total. The highest BCUT2D eigenvalue weighted by Crippen LogP contribution is 2.23. The minimum atomic E-state index is -0.459. The summed E-state index contributed by atoms with van der Waals surface area (Å²) in [7, 11) is 0. The molecule has 1 heterocycles. The quantitative estimate of drug-likeness (QED) is 0.315. The van der Waals surface area contributed by atoms with E-state index in [4.69, 9.17) is 0 Å². The number of nitro groups is 1. The average molecular weight is 410 g/mol. The van der Waals surface area contributed by atoms with Gasteiger partial charge >= 0.3 is 0 Å². The molecule has 29 heavy (non-hydrogen) atoms. The van der Waals surface area contributed by atoms with E-state index in [0.29, 0.717) is 16.3 Å². The molecule has 0 atom stereocenters. The van der Waals surface area contributed by atoms with Crippen LogP contribution in [0.15, 0.2) is 53.5 Å². The van der Waals surface area contributed by atoms with Crippen molar-refractivity contribution in [1.29, 1.82) is 0 Å². The maximum Gasteiger partial charge on any atom is 0.272 e. The summed E-state index contributed by atoms with van der Waals surface area (Å²) in [6.07, 6.45) is 3.83. The van der Waals surface area contributed by atoms with Crippen molar-refractivity contribution in [2.45, 2.75) is 39.7 Å². The van der Waals surface area contributed by atoms with E-state index in [1.807, 2.05) is 0 Å². The highest BCUT2D eigenvalue weighted by atomic mass is 32.1. The lowest BCUT2D eigenvalue weighted by atomic mass is 10.0. The monoisotopic (exact) mass is 409 g/mol. The van der Waals surface area contributed by atoms with E-state index < -0.39 is 10.8 Å². The van der Waals surface area contributed by atoms with Crippen LogP contribution in [0.2, 0.25) is 0 Å². The first-order valence-electron chi connectivity index (χ1n) is 9.53. The molecule has 3 aromatic rings. The molecular formula is C22H23N3O3S. The standard InChI is InChI=1S/C22H23N3O3S/c1-4-12-24-19-10-9-17(15(2)3)14-20(19)29-22(24)23-21(26)11-8-16-6-5-7-18(13-16)25(27)28/h5-11,13-15H,4,12H2,1-3H3/b11-8+,23-22?. The van der Waals surface area contributed by atoms with Gasteiger partial charge in [-0.3, -0.25) is 14.9 Å². The lowest BCUT2D eigenvalue weighted by molar-refractivity contribution is -0.384. The molecule has 150 valence electrons. The molecule has 2 aromatic carbocycles. The van der Waals surface area contributed by atoms with Crippen molar-refractivity contribution >= 4 is 39.2 Å². The predicted octanol–water partition coefficient (Wildman–Crippen LogP) is 5.29. The number of rotatable bonds is 6. The van der Waals surface area contributed by atoms with Crippen molar-refractivity contribution in [3.63, 3.8) is 0 Å². The molecule has 0 spiro atoms. The third kappa shape index (κ3) is 4.86. The van der Waals surface area contributed by atoms with Gasteiger partial charge in [0, 0.05) is 24.8 Å². The van der Waals surface area contributed by atoms with E-state index in [2.05, 4.69) is 48.5 Å². The number of hydrogen-bond acceptors (Lipinski definition) is 4. The average Bonchev–Trinajstić information content (AvgIpc) is 3.03. The Morgan fingerprint density at radius 1 is 1.28 bits per heavy atom. The topological polar surface area (TPSA) is 77.5 Å². The molecule has 1 amide bonds. The van der Waals surface area contributed by atoms with Crippen molar-refractivity contribution in [2.24, 2.45) is 4.99 Å². The first-order chi connectivity index (χ1) is 13.9. The number of aryl methyl sites for hydroxylation is 1. The van der Waals surface area contributed by atoms with Crippen LogP contribution >= 0.6 is 11.3 Å². The van der Waals surface area contributed by atoms with Crippen LogP contribution in [0, 0.1) is 10.1 Å². The number of thiazole rings is 1. The van der Waals surface area contributed by atoms with E-state index in [0.717, 1.165) is 23.2 Å². The van der Waals surface area contributed by atoms with Crippen molar-refractivity contribution in [2.75, 3.05) is 0 Å². The van der Waals surface area contributed by atoms with Crippen molar-refractivity contribution in [3.8, 4) is 0 Å². The van der Waals surface area contributed by atoms with Crippen LogP contribution in [-0.2, 0) is 11.3 Å². The number of carbonyl (C=O) groups excluding carboxylic acids is 1. The molecule has 0 aliphatic heterocycles. The van der Waals surface area contributed by atoms with Crippen LogP contribution in [0.25, 0.3) is 16.3 Å². The fourth-order valence-electron chi connectivity index (χ4n) is 3.02. The van der Waals surface area contributed by atoms with Crippen molar-refractivity contribution < 1.29 is 9.72 Å². The lowest BCUT2D eigenvalue weighted by Gasteiger charge is -2.06. The summed E-state index contributed by atoms with van der Waals surface area (Å²) in [4.78, 5) is 27.8. The van der Waals surface area contributed by atoms with Crippen LogP contribution < -0.4 is 4.80 Å². The number of carbonyl (C=O) groups is 1. The predicted molar refractivity (Wildman–Crippen MR) is 117 cm³/mol. The fourth-order valence-corrected chi connectivity index (χ4v) is 4.12.